The van der Waals surface area contributed by atoms with Crippen LogP contribution in [0.3, 0.4) is 0 Å². The zero-order chi connectivity index (χ0) is 10.9. The average Bonchev–Trinajstić information content (AvgIpc) is 2.01. The summed E-state index contributed by atoms with van der Waals surface area (Å²) in [4.78, 5) is -1.25. The van der Waals surface area contributed by atoms with E-state index in [0.29, 0.717) is 0 Å². The average molecular weight is 307 g/mol. The number of hydrogen-bond acceptors (Lipinski definition) is 0. The van der Waals surface area contributed by atoms with Gasteiger partial charge in [-0.05, 0) is 12.1 Å². The first kappa shape index (κ1) is 12.1. The highest BCUT2D eigenvalue weighted by atomic mass is 79.9. The molecule has 0 aliphatic rings. The highest BCUT2D eigenvalue weighted by molar-refractivity contribution is 9.10. The fraction of sp³-hybridized carbons (Fsp3) is 0.250. The highest BCUT2D eigenvalue weighted by Crippen LogP contribution is 2.41. The van der Waals surface area contributed by atoms with Crippen molar-refractivity contribution < 1.29 is 13.2 Å². The number of rotatable bonds is 1. The summed E-state index contributed by atoms with van der Waals surface area (Å²) in [7, 11) is 0. The van der Waals surface area contributed by atoms with Crippen molar-refractivity contribution in [2.45, 2.75) is 11.0 Å². The van der Waals surface area contributed by atoms with Crippen molar-refractivity contribution in [2.75, 3.05) is 0 Å². The lowest BCUT2D eigenvalue weighted by molar-refractivity contribution is -0.138. The normalized spacial score (nSPS) is 12.2. The topological polar surface area (TPSA) is 0 Å². The highest BCUT2D eigenvalue weighted by Gasteiger charge is 2.36. The minimum Gasteiger partial charge on any atom is -0.166 e. The molecule has 77 valence electrons. The molecule has 1 aromatic rings. The van der Waals surface area contributed by atoms with Crippen molar-refractivity contribution in [3.05, 3.63) is 33.8 Å². The van der Waals surface area contributed by atoms with Gasteiger partial charge in [-0.1, -0.05) is 22.0 Å². The first-order valence-electron chi connectivity index (χ1n) is 3.39. The Morgan fingerprint density at radius 2 is 1.93 bits per heavy atom. The number of benzene rings is 1. The lowest BCUT2D eigenvalue weighted by Gasteiger charge is -2.14. The quantitative estimate of drug-likeness (QED) is 0.657. The second-order valence-corrected chi connectivity index (χ2v) is 4.36. The van der Waals surface area contributed by atoms with Crippen molar-refractivity contribution in [1.82, 2.24) is 0 Å². The van der Waals surface area contributed by atoms with Crippen LogP contribution in [-0.2, 0) is 6.18 Å². The molecule has 6 heteroatoms. The fourth-order valence-corrected chi connectivity index (χ4v) is 1.86. The first-order valence-corrected chi connectivity index (χ1v) is 5.06. The Morgan fingerprint density at radius 1 is 1.36 bits per heavy atom. The molecule has 0 bridgehead atoms. The second-order valence-electron chi connectivity index (χ2n) is 2.41. The molecular formula is C8H3BrCl2F3. The largest absolute Gasteiger partial charge is 0.417 e. The molecule has 0 heterocycles. The van der Waals surface area contributed by atoms with Crippen LogP contribution in [0.15, 0.2) is 16.6 Å². The van der Waals surface area contributed by atoms with Gasteiger partial charge in [0.1, 0.15) is 4.84 Å². The van der Waals surface area contributed by atoms with Gasteiger partial charge in [0.25, 0.3) is 0 Å². The summed E-state index contributed by atoms with van der Waals surface area (Å²) in [6.07, 6.45) is -4.49. The van der Waals surface area contributed by atoms with Crippen LogP contribution in [0, 0.1) is 6.07 Å². The van der Waals surface area contributed by atoms with Gasteiger partial charge in [0, 0.05) is 10.0 Å². The Kier molecular flexibility index (Phi) is 3.72. The molecule has 0 aromatic heterocycles. The van der Waals surface area contributed by atoms with E-state index >= 15 is 0 Å². The maximum Gasteiger partial charge on any atom is 0.417 e. The molecule has 0 spiro atoms. The molecule has 0 aliphatic carbocycles. The predicted molar refractivity (Wildman–Crippen MR) is 52.4 cm³/mol. The fourth-order valence-electron chi connectivity index (χ4n) is 0.949. The van der Waals surface area contributed by atoms with Crippen molar-refractivity contribution in [1.29, 1.82) is 0 Å². The maximum atomic E-state index is 12.5. The van der Waals surface area contributed by atoms with Gasteiger partial charge in [-0.2, -0.15) is 13.2 Å². The third-order valence-corrected chi connectivity index (χ3v) is 2.58. The molecule has 0 nitrogen and oxygen atoms in total. The number of hydrogen-bond donors (Lipinski definition) is 0. The Bertz CT molecular complexity index is 336. The lowest BCUT2D eigenvalue weighted by atomic mass is 10.1. The Hall–Kier alpha value is 0.0700. The Morgan fingerprint density at radius 3 is 2.29 bits per heavy atom. The van der Waals surface area contributed by atoms with Crippen LogP contribution in [0.2, 0.25) is 0 Å². The molecule has 1 aromatic carbocycles. The third-order valence-electron chi connectivity index (χ3n) is 1.48. The van der Waals surface area contributed by atoms with Crippen LogP contribution in [0.4, 0.5) is 13.2 Å². The zero-order valence-corrected chi connectivity index (χ0v) is 9.60. The molecule has 0 aliphatic heterocycles. The van der Waals surface area contributed by atoms with Crippen molar-refractivity contribution in [3.63, 3.8) is 0 Å². The molecule has 0 amide bonds. The van der Waals surface area contributed by atoms with Crippen LogP contribution >= 0.6 is 39.1 Å². The van der Waals surface area contributed by atoms with E-state index in [4.69, 9.17) is 23.2 Å². The van der Waals surface area contributed by atoms with Crippen LogP contribution < -0.4 is 0 Å². The molecular weight excluding hydrogens is 304 g/mol. The Labute approximate surface area is 97.1 Å². The molecule has 0 saturated carbocycles. The smallest absolute Gasteiger partial charge is 0.166 e. The van der Waals surface area contributed by atoms with Gasteiger partial charge in [0.15, 0.2) is 0 Å². The molecule has 0 unspecified atom stereocenters. The lowest BCUT2D eigenvalue weighted by Crippen LogP contribution is -2.10. The van der Waals surface area contributed by atoms with Gasteiger partial charge in [0.05, 0.1) is 5.56 Å². The minimum atomic E-state index is -4.49. The predicted octanol–water partition coefficient (Wildman–Crippen LogP) is 4.74. The maximum absolute atomic E-state index is 12.5. The summed E-state index contributed by atoms with van der Waals surface area (Å²) >= 11 is 13.6. The van der Waals surface area contributed by atoms with Crippen molar-refractivity contribution in [3.8, 4) is 0 Å². The van der Waals surface area contributed by atoms with E-state index in [0.717, 1.165) is 0 Å². The molecule has 0 atom stereocenters. The minimum absolute atomic E-state index is 0.0925. The van der Waals surface area contributed by atoms with Gasteiger partial charge >= 0.3 is 6.18 Å². The summed E-state index contributed by atoms with van der Waals surface area (Å²) in [6.45, 7) is 0. The zero-order valence-electron chi connectivity index (χ0n) is 6.50. The number of alkyl halides is 5. The van der Waals surface area contributed by atoms with Gasteiger partial charge in [0.2, 0.25) is 0 Å². The summed E-state index contributed by atoms with van der Waals surface area (Å²) < 4.78 is 37.4. The van der Waals surface area contributed by atoms with Crippen molar-refractivity contribution in [2.24, 2.45) is 0 Å². The van der Waals surface area contributed by atoms with E-state index in [-0.39, 0.29) is 10.0 Å². The number of halogens is 6. The van der Waals surface area contributed by atoms with Gasteiger partial charge < -0.3 is 0 Å². The van der Waals surface area contributed by atoms with Crippen LogP contribution in [0.25, 0.3) is 0 Å². The van der Waals surface area contributed by atoms with E-state index in [1.807, 2.05) is 0 Å². The SMILES string of the molecule is FC(F)(F)c1c(C(Cl)Cl)[c]ccc1Br. The summed E-state index contributed by atoms with van der Waals surface area (Å²) in [6, 6.07) is 4.93. The monoisotopic (exact) mass is 305 g/mol. The van der Waals surface area contributed by atoms with Crippen LogP contribution in [-0.4, -0.2) is 0 Å². The van der Waals surface area contributed by atoms with Crippen LogP contribution in [0.5, 0.6) is 0 Å². The van der Waals surface area contributed by atoms with Gasteiger partial charge in [-0.15, -0.1) is 23.2 Å². The Balaban J connectivity index is 3.38. The van der Waals surface area contributed by atoms with E-state index in [9.17, 15) is 13.2 Å². The third kappa shape index (κ3) is 2.55. The molecule has 1 radical (unpaired) electrons. The molecule has 1 rings (SSSR count). The summed E-state index contributed by atoms with van der Waals surface area (Å²) in [5.41, 5.74) is -1.15. The summed E-state index contributed by atoms with van der Waals surface area (Å²) in [5, 5.41) is 0. The molecule has 0 saturated heterocycles. The molecule has 0 N–H and O–H groups in total. The van der Waals surface area contributed by atoms with Crippen molar-refractivity contribution >= 4 is 39.1 Å². The van der Waals surface area contributed by atoms with Gasteiger partial charge in [-0.25, -0.2) is 0 Å². The first-order chi connectivity index (χ1) is 6.34. The summed E-state index contributed by atoms with van der Waals surface area (Å²) in [5.74, 6) is 0. The van der Waals surface area contributed by atoms with E-state index in [1.165, 1.54) is 12.1 Å². The second kappa shape index (κ2) is 4.29. The van der Waals surface area contributed by atoms with Crippen LogP contribution in [0.1, 0.15) is 16.0 Å². The standard InChI is InChI=1S/C8H3BrCl2F3/c9-5-3-1-2-4(7(10)11)6(5)8(12,13)14/h1,3,7H. The van der Waals surface area contributed by atoms with E-state index in [1.54, 1.807) is 0 Å². The molecule has 14 heavy (non-hydrogen) atoms. The molecule has 0 fully saturated rings. The van der Waals surface area contributed by atoms with E-state index in [2.05, 4.69) is 22.0 Å². The van der Waals surface area contributed by atoms with Gasteiger partial charge in [-0.3, -0.25) is 0 Å². The van der Waals surface area contributed by atoms with E-state index < -0.39 is 16.6 Å².